The van der Waals surface area contributed by atoms with E-state index >= 15 is 0 Å². The Bertz CT molecular complexity index is 676. The number of ether oxygens (including phenoxy) is 2. The number of carboxylic acids is 1. The van der Waals surface area contributed by atoms with Crippen LogP contribution >= 0.6 is 11.8 Å². The summed E-state index contributed by atoms with van der Waals surface area (Å²) in [5.41, 5.74) is -0.195. The molecule has 0 aliphatic carbocycles. The molecule has 0 N–H and O–H groups in total. The molecule has 3 atom stereocenters. The first-order valence-electron chi connectivity index (χ1n) is 7.72. The van der Waals surface area contributed by atoms with Crippen molar-refractivity contribution in [2.24, 2.45) is 5.92 Å². The van der Waals surface area contributed by atoms with Crippen LogP contribution in [0.4, 0.5) is 0 Å². The Morgan fingerprint density at radius 1 is 1.42 bits per heavy atom. The quantitative estimate of drug-likeness (QED) is 0.195. The van der Waals surface area contributed by atoms with Crippen molar-refractivity contribution in [1.82, 2.24) is 4.90 Å². The van der Waals surface area contributed by atoms with Gasteiger partial charge in [-0.2, -0.15) is 0 Å². The van der Waals surface area contributed by atoms with Crippen molar-refractivity contribution in [2.75, 3.05) is 6.61 Å². The Hall–Kier alpha value is -1.29. The molecule has 2 heterocycles. The van der Waals surface area contributed by atoms with Gasteiger partial charge in [0.05, 0.1) is 30.2 Å². The summed E-state index contributed by atoms with van der Waals surface area (Å²) < 4.78 is 9.79. The van der Waals surface area contributed by atoms with Gasteiger partial charge in [-0.1, -0.05) is 11.8 Å². The van der Waals surface area contributed by atoms with Crippen molar-refractivity contribution in [3.05, 3.63) is 22.1 Å². The maximum atomic E-state index is 12.3. The van der Waals surface area contributed by atoms with Gasteiger partial charge in [0, 0.05) is 24.3 Å². The average molecular weight is 391 g/mol. The van der Waals surface area contributed by atoms with Gasteiger partial charge in [0.25, 0.3) is 0 Å². The molecule has 0 aromatic carbocycles. The molecule has 2 aliphatic heterocycles. The number of amides is 1. The van der Waals surface area contributed by atoms with Crippen LogP contribution in [-0.2, 0) is 28.7 Å². The number of thioether (sulfide) groups is 1. The van der Waals surface area contributed by atoms with Crippen LogP contribution < -0.4 is 34.7 Å². The molecule has 0 radical (unpaired) electrons. The maximum Gasteiger partial charge on any atom is 1.00 e. The van der Waals surface area contributed by atoms with Crippen LogP contribution in [0.5, 0.6) is 0 Å². The minimum atomic E-state index is -1.46. The van der Waals surface area contributed by atoms with E-state index in [0.717, 1.165) is 11.8 Å². The Morgan fingerprint density at radius 2 is 2.08 bits per heavy atom. The SMILES string of the molecule is CCOC(=O)/C=C\SC1=C(C(=O)[O-])N2C(=O)[C@H]([C@H](C)OC(C)=O)[C@H]2C1.[Na+]. The van der Waals surface area contributed by atoms with Crippen molar-refractivity contribution < 1.29 is 63.3 Å². The second kappa shape index (κ2) is 9.59. The minimum Gasteiger partial charge on any atom is -0.543 e. The first-order chi connectivity index (χ1) is 11.8. The van der Waals surface area contributed by atoms with Gasteiger partial charge in [-0.05, 0) is 19.3 Å². The van der Waals surface area contributed by atoms with E-state index in [4.69, 9.17) is 9.47 Å². The van der Waals surface area contributed by atoms with E-state index in [0.29, 0.717) is 11.3 Å². The van der Waals surface area contributed by atoms with E-state index < -0.39 is 41.9 Å². The van der Waals surface area contributed by atoms with E-state index in [1.165, 1.54) is 23.3 Å². The summed E-state index contributed by atoms with van der Waals surface area (Å²) in [5.74, 6) is -3.50. The molecule has 136 valence electrons. The summed E-state index contributed by atoms with van der Waals surface area (Å²) in [6.07, 6.45) is 0.835. The largest absolute Gasteiger partial charge is 1.00 e. The summed E-state index contributed by atoms with van der Waals surface area (Å²) >= 11 is 1.03. The zero-order valence-corrected chi connectivity index (χ0v) is 17.8. The molecular weight excluding hydrogens is 373 g/mol. The fraction of sp³-hybridized carbons (Fsp3) is 0.500. The summed E-state index contributed by atoms with van der Waals surface area (Å²) in [5, 5.41) is 12.8. The number of hydrogen-bond donors (Lipinski definition) is 0. The maximum absolute atomic E-state index is 12.3. The summed E-state index contributed by atoms with van der Waals surface area (Å²) in [7, 11) is 0. The smallest absolute Gasteiger partial charge is 0.543 e. The Kier molecular flexibility index (Phi) is 8.39. The Labute approximate surface area is 177 Å². The van der Waals surface area contributed by atoms with Gasteiger partial charge >= 0.3 is 41.5 Å². The first kappa shape index (κ1) is 22.8. The van der Waals surface area contributed by atoms with Crippen molar-refractivity contribution in [3.8, 4) is 0 Å². The third-order valence-electron chi connectivity index (χ3n) is 3.92. The second-order valence-corrected chi connectivity index (χ2v) is 6.55. The van der Waals surface area contributed by atoms with Crippen LogP contribution in [0.3, 0.4) is 0 Å². The standard InChI is InChI=1S/C16H19NO7S.Na/c1-4-23-12(19)5-6-25-11-7-10-13(8(2)24-9(3)18)15(20)17(10)14(11)16(21)22;/h5-6,8,10,13H,4,7H2,1-3H3,(H,21,22);/q;+1/p-1/b6-5-;/t8-,10+,13+;/m0./s1. The normalized spacial score (nSPS) is 22.4. The van der Waals surface area contributed by atoms with Gasteiger partial charge in [-0.25, -0.2) is 4.79 Å². The van der Waals surface area contributed by atoms with Crippen molar-refractivity contribution in [3.63, 3.8) is 0 Å². The van der Waals surface area contributed by atoms with E-state index in [1.54, 1.807) is 13.8 Å². The molecule has 0 aromatic rings. The molecule has 0 spiro atoms. The number of β-lactam (4-membered cyclic amide) rings is 1. The molecule has 10 heteroatoms. The van der Waals surface area contributed by atoms with Gasteiger partial charge < -0.3 is 24.3 Å². The topological polar surface area (TPSA) is 113 Å². The number of aliphatic carboxylic acids is 1. The van der Waals surface area contributed by atoms with Crippen LogP contribution in [0, 0.1) is 5.92 Å². The van der Waals surface area contributed by atoms with Crippen LogP contribution in [0.25, 0.3) is 0 Å². The Morgan fingerprint density at radius 3 is 2.62 bits per heavy atom. The van der Waals surface area contributed by atoms with Gasteiger partial charge in [-0.3, -0.25) is 9.59 Å². The molecule has 0 unspecified atom stereocenters. The molecule has 2 rings (SSSR count). The van der Waals surface area contributed by atoms with Crippen LogP contribution in [0.15, 0.2) is 22.1 Å². The van der Waals surface area contributed by atoms with Crippen molar-refractivity contribution >= 4 is 35.6 Å². The van der Waals surface area contributed by atoms with Crippen LogP contribution in [0.2, 0.25) is 0 Å². The molecule has 2 aliphatic rings. The fourth-order valence-corrected chi connectivity index (χ4v) is 3.91. The van der Waals surface area contributed by atoms with Crippen molar-refractivity contribution in [1.29, 1.82) is 0 Å². The zero-order valence-electron chi connectivity index (χ0n) is 15.0. The number of esters is 2. The average Bonchev–Trinajstić information content (AvgIpc) is 2.81. The number of fused-ring (bicyclic) bond motifs is 1. The Balaban J connectivity index is 0.00000338. The van der Waals surface area contributed by atoms with Gasteiger partial charge in [0.1, 0.15) is 6.10 Å². The van der Waals surface area contributed by atoms with Gasteiger partial charge in [0.2, 0.25) is 5.91 Å². The third kappa shape index (κ3) is 4.70. The molecule has 8 nitrogen and oxygen atoms in total. The van der Waals surface area contributed by atoms with Gasteiger partial charge in [-0.15, -0.1) is 0 Å². The third-order valence-corrected chi connectivity index (χ3v) is 4.84. The predicted molar refractivity (Wildman–Crippen MR) is 85.4 cm³/mol. The summed E-state index contributed by atoms with van der Waals surface area (Å²) in [6.45, 7) is 4.76. The summed E-state index contributed by atoms with van der Waals surface area (Å²) in [6, 6.07) is -0.395. The van der Waals surface area contributed by atoms with Crippen LogP contribution in [0.1, 0.15) is 27.2 Å². The molecule has 26 heavy (non-hydrogen) atoms. The van der Waals surface area contributed by atoms with E-state index in [1.807, 2.05) is 0 Å². The molecule has 1 fully saturated rings. The van der Waals surface area contributed by atoms with E-state index in [9.17, 15) is 24.3 Å². The predicted octanol–water partition coefficient (Wildman–Crippen LogP) is -3.06. The number of carboxylic acid groups (broad SMARTS) is 1. The molecule has 0 aromatic heterocycles. The number of carbonyl (C=O) groups excluding carboxylic acids is 4. The molecular formula is C16H18NNaO7S. The molecule has 0 saturated carbocycles. The van der Waals surface area contributed by atoms with Gasteiger partial charge in [0.15, 0.2) is 0 Å². The van der Waals surface area contributed by atoms with E-state index in [-0.39, 0.29) is 41.9 Å². The molecule has 1 amide bonds. The molecule has 1 saturated heterocycles. The number of carbonyl (C=O) groups is 4. The zero-order chi connectivity index (χ0) is 18.7. The first-order valence-corrected chi connectivity index (χ1v) is 8.60. The van der Waals surface area contributed by atoms with E-state index in [2.05, 4.69) is 0 Å². The van der Waals surface area contributed by atoms with Crippen molar-refractivity contribution in [2.45, 2.75) is 39.3 Å². The monoisotopic (exact) mass is 391 g/mol. The summed E-state index contributed by atoms with van der Waals surface area (Å²) in [4.78, 5) is 47.7. The number of rotatable bonds is 7. The molecule has 0 bridgehead atoms. The fourth-order valence-electron chi connectivity index (χ4n) is 3.01. The number of nitrogens with zero attached hydrogens (tertiary/aromatic N) is 1. The second-order valence-electron chi connectivity index (χ2n) is 5.55. The number of hydrogen-bond acceptors (Lipinski definition) is 8. The van der Waals surface area contributed by atoms with Crippen LogP contribution in [-0.4, -0.2) is 47.5 Å². The minimum absolute atomic E-state index is 0.